The molecular weight excluding hydrogens is 396 g/mol. The first-order valence-electron chi connectivity index (χ1n) is 8.44. The molecule has 3 aromatic heterocycles. The third-order valence-electron chi connectivity index (χ3n) is 4.33. The maximum atomic E-state index is 12.5. The molecule has 9 heteroatoms. The minimum atomic E-state index is -3.63. The summed E-state index contributed by atoms with van der Waals surface area (Å²) in [5.74, 6) is -0.261. The van der Waals surface area contributed by atoms with Crippen molar-refractivity contribution in [3.05, 3.63) is 72.0 Å². The number of hydrogen-bond acceptors (Lipinski definition) is 6. The van der Waals surface area contributed by atoms with E-state index in [4.69, 9.17) is 4.52 Å². The highest BCUT2D eigenvalue weighted by Crippen LogP contribution is 2.24. The van der Waals surface area contributed by atoms with Crippen molar-refractivity contribution in [2.45, 2.75) is 5.75 Å². The van der Waals surface area contributed by atoms with Gasteiger partial charge < -0.3 is 4.52 Å². The maximum absolute atomic E-state index is 12.5. The Hall–Kier alpha value is -3.17. The molecule has 5 aromatic rings. The number of hydrogen-bond donors (Lipinski definition) is 1. The Balaban J connectivity index is 1.35. The highest BCUT2D eigenvalue weighted by molar-refractivity contribution is 7.91. The van der Waals surface area contributed by atoms with Gasteiger partial charge >= 0.3 is 0 Å². The summed E-state index contributed by atoms with van der Waals surface area (Å²) in [5, 5.41) is 6.56. The zero-order valence-corrected chi connectivity index (χ0v) is 16.1. The molecular formula is C19H14N4O3S2. The van der Waals surface area contributed by atoms with Gasteiger partial charge in [-0.2, -0.15) is 0 Å². The standard InChI is InChI=1S/C19H14N4O3S2/c24-28(25,12-17-15-3-1-2-4-18(15)26-21-17)22-14-7-5-13(6-8-14)16-11-23-9-10-27-19(23)20-16/h1-11,22H,12H2. The lowest BCUT2D eigenvalue weighted by atomic mass is 10.1. The summed E-state index contributed by atoms with van der Waals surface area (Å²) in [6.45, 7) is 0. The molecule has 0 amide bonds. The molecule has 140 valence electrons. The number of benzene rings is 2. The zero-order chi connectivity index (χ0) is 19.1. The van der Waals surface area contributed by atoms with Crippen molar-refractivity contribution in [3.63, 3.8) is 0 Å². The van der Waals surface area contributed by atoms with Crippen molar-refractivity contribution >= 4 is 43.0 Å². The minimum Gasteiger partial charge on any atom is -0.356 e. The molecule has 0 aliphatic rings. The first-order valence-corrected chi connectivity index (χ1v) is 11.0. The lowest BCUT2D eigenvalue weighted by molar-refractivity contribution is 0.448. The van der Waals surface area contributed by atoms with Gasteiger partial charge in [0.15, 0.2) is 10.5 Å². The van der Waals surface area contributed by atoms with Crippen LogP contribution in [0.4, 0.5) is 5.69 Å². The van der Waals surface area contributed by atoms with Crippen molar-refractivity contribution in [2.24, 2.45) is 0 Å². The van der Waals surface area contributed by atoms with Gasteiger partial charge in [-0.1, -0.05) is 29.4 Å². The molecule has 2 aromatic carbocycles. The third kappa shape index (κ3) is 3.14. The number of nitrogens with one attached hydrogen (secondary N) is 1. The van der Waals surface area contributed by atoms with Gasteiger partial charge in [0, 0.05) is 34.4 Å². The van der Waals surface area contributed by atoms with Crippen molar-refractivity contribution in [2.75, 3.05) is 4.72 Å². The van der Waals surface area contributed by atoms with Crippen molar-refractivity contribution < 1.29 is 12.9 Å². The van der Waals surface area contributed by atoms with Crippen LogP contribution in [0.2, 0.25) is 0 Å². The van der Waals surface area contributed by atoms with Crippen molar-refractivity contribution in [1.29, 1.82) is 0 Å². The zero-order valence-electron chi connectivity index (χ0n) is 14.4. The Morgan fingerprint density at radius 2 is 1.93 bits per heavy atom. The Morgan fingerprint density at radius 3 is 2.75 bits per heavy atom. The molecule has 0 aliphatic carbocycles. The second kappa shape index (κ2) is 6.47. The molecule has 0 bridgehead atoms. The Kier molecular flexibility index (Phi) is 3.92. The molecule has 28 heavy (non-hydrogen) atoms. The number of rotatable bonds is 5. The second-order valence-corrected chi connectivity index (χ2v) is 8.88. The fourth-order valence-electron chi connectivity index (χ4n) is 3.01. The van der Waals surface area contributed by atoms with Crippen LogP contribution in [0.25, 0.3) is 27.2 Å². The molecule has 0 atom stereocenters. The lowest BCUT2D eigenvalue weighted by Gasteiger charge is -2.07. The van der Waals surface area contributed by atoms with Gasteiger partial charge in [-0.25, -0.2) is 13.4 Å². The van der Waals surface area contributed by atoms with Crippen LogP contribution in [0.15, 0.2) is 70.8 Å². The molecule has 0 aliphatic heterocycles. The summed E-state index contributed by atoms with van der Waals surface area (Å²) in [6, 6.07) is 14.3. The SMILES string of the molecule is O=S(=O)(Cc1noc2ccccc12)Nc1ccc(-c2cn3ccsc3n2)cc1. The second-order valence-electron chi connectivity index (χ2n) is 6.28. The fourth-order valence-corrected chi connectivity index (χ4v) is 4.85. The predicted molar refractivity (Wildman–Crippen MR) is 109 cm³/mol. The number of fused-ring (bicyclic) bond motifs is 2. The van der Waals surface area contributed by atoms with Crippen LogP contribution < -0.4 is 4.72 Å². The largest absolute Gasteiger partial charge is 0.356 e. The molecule has 0 spiro atoms. The number of anilines is 1. The lowest BCUT2D eigenvalue weighted by Crippen LogP contribution is -2.15. The Morgan fingerprint density at radius 1 is 1.11 bits per heavy atom. The van der Waals surface area contributed by atoms with Gasteiger partial charge in [0.05, 0.1) is 5.69 Å². The van der Waals surface area contributed by atoms with Gasteiger partial charge in [-0.05, 0) is 24.3 Å². The van der Waals surface area contributed by atoms with Gasteiger partial charge in [0.2, 0.25) is 10.0 Å². The van der Waals surface area contributed by atoms with E-state index in [1.54, 1.807) is 35.6 Å². The molecule has 5 rings (SSSR count). The maximum Gasteiger partial charge on any atom is 0.238 e. The van der Waals surface area contributed by atoms with Crippen LogP contribution in [0.1, 0.15) is 5.69 Å². The molecule has 1 N–H and O–H groups in total. The fraction of sp³-hybridized carbons (Fsp3) is 0.0526. The quantitative estimate of drug-likeness (QED) is 0.470. The van der Waals surface area contributed by atoms with Crippen LogP contribution in [0.3, 0.4) is 0 Å². The molecule has 0 unspecified atom stereocenters. The van der Waals surface area contributed by atoms with E-state index >= 15 is 0 Å². The average molecular weight is 410 g/mol. The van der Waals surface area contributed by atoms with E-state index in [2.05, 4.69) is 14.9 Å². The topological polar surface area (TPSA) is 89.5 Å². The summed E-state index contributed by atoms with van der Waals surface area (Å²) < 4.78 is 34.8. The monoisotopic (exact) mass is 410 g/mol. The number of para-hydroxylation sites is 1. The van der Waals surface area contributed by atoms with E-state index in [0.717, 1.165) is 16.2 Å². The molecule has 0 saturated heterocycles. The van der Waals surface area contributed by atoms with Crippen LogP contribution in [0.5, 0.6) is 0 Å². The Labute approximate surface area is 164 Å². The van der Waals surface area contributed by atoms with Gasteiger partial charge in [0.1, 0.15) is 11.4 Å². The first kappa shape index (κ1) is 17.0. The van der Waals surface area contributed by atoms with E-state index in [0.29, 0.717) is 22.4 Å². The third-order valence-corrected chi connectivity index (χ3v) is 6.30. The van der Waals surface area contributed by atoms with Crippen LogP contribution in [-0.4, -0.2) is 23.0 Å². The molecule has 3 heterocycles. The summed E-state index contributed by atoms with van der Waals surface area (Å²) in [6.07, 6.45) is 3.90. The van der Waals surface area contributed by atoms with Crippen molar-refractivity contribution in [1.82, 2.24) is 14.5 Å². The summed E-state index contributed by atoms with van der Waals surface area (Å²) in [5.41, 5.74) is 3.20. The highest BCUT2D eigenvalue weighted by atomic mass is 32.2. The van der Waals surface area contributed by atoms with Crippen molar-refractivity contribution in [3.8, 4) is 11.3 Å². The van der Waals surface area contributed by atoms with E-state index in [-0.39, 0.29) is 5.75 Å². The van der Waals surface area contributed by atoms with E-state index in [1.807, 2.05) is 46.4 Å². The van der Waals surface area contributed by atoms with Crippen LogP contribution >= 0.6 is 11.3 Å². The van der Waals surface area contributed by atoms with E-state index in [9.17, 15) is 8.42 Å². The summed E-state index contributed by atoms with van der Waals surface area (Å²) in [7, 11) is -3.63. The molecule has 0 saturated carbocycles. The minimum absolute atomic E-state index is 0.261. The number of nitrogens with zero attached hydrogens (tertiary/aromatic N) is 3. The first-order chi connectivity index (χ1) is 13.6. The Bertz CT molecular complexity index is 1350. The summed E-state index contributed by atoms with van der Waals surface area (Å²) in [4.78, 5) is 5.47. The van der Waals surface area contributed by atoms with Gasteiger partial charge in [-0.3, -0.25) is 9.12 Å². The van der Waals surface area contributed by atoms with Crippen LogP contribution in [0, 0.1) is 0 Å². The average Bonchev–Trinajstić information content (AvgIpc) is 3.37. The number of imidazole rings is 1. The highest BCUT2D eigenvalue weighted by Gasteiger charge is 2.17. The molecule has 7 nitrogen and oxygen atoms in total. The number of aromatic nitrogens is 3. The normalized spacial score (nSPS) is 12.0. The molecule has 0 fully saturated rings. The van der Waals surface area contributed by atoms with E-state index < -0.39 is 10.0 Å². The van der Waals surface area contributed by atoms with Gasteiger partial charge in [-0.15, -0.1) is 11.3 Å². The smallest absolute Gasteiger partial charge is 0.238 e. The summed E-state index contributed by atoms with van der Waals surface area (Å²) >= 11 is 1.56. The molecule has 0 radical (unpaired) electrons. The van der Waals surface area contributed by atoms with Gasteiger partial charge in [0.25, 0.3) is 0 Å². The van der Waals surface area contributed by atoms with Crippen LogP contribution in [-0.2, 0) is 15.8 Å². The predicted octanol–water partition coefficient (Wildman–Crippen LogP) is 4.15. The number of sulfonamides is 1. The number of thiazole rings is 1. The van der Waals surface area contributed by atoms with E-state index in [1.165, 1.54) is 0 Å².